The van der Waals surface area contributed by atoms with Crippen molar-refractivity contribution in [2.45, 2.75) is 12.5 Å². The molecule has 1 fully saturated rings. The van der Waals surface area contributed by atoms with Gasteiger partial charge in [-0.25, -0.2) is 0 Å². The molecule has 1 aliphatic heterocycles. The maximum Gasteiger partial charge on any atom is 0.264 e. The molecule has 0 aliphatic carbocycles. The van der Waals surface area contributed by atoms with E-state index in [1.54, 1.807) is 0 Å². The Hall–Kier alpha value is -0.170. The van der Waals surface area contributed by atoms with Crippen LogP contribution in [-0.4, -0.2) is 44.5 Å². The van der Waals surface area contributed by atoms with E-state index in [0.29, 0.717) is 19.6 Å². The molecule has 0 aromatic carbocycles. The maximum atomic E-state index is 10.4. The van der Waals surface area contributed by atoms with Gasteiger partial charge in [0.25, 0.3) is 10.1 Å². The highest BCUT2D eigenvalue weighted by Gasteiger charge is 2.16. The lowest BCUT2D eigenvalue weighted by Gasteiger charge is -2.22. The first-order valence-electron chi connectivity index (χ1n) is 3.85. The van der Waals surface area contributed by atoms with Crippen molar-refractivity contribution in [2.24, 2.45) is 0 Å². The molecule has 6 heteroatoms. The molecule has 1 rings (SSSR count). The van der Waals surface area contributed by atoms with Crippen molar-refractivity contribution in [3.05, 3.63) is 0 Å². The van der Waals surface area contributed by atoms with Crippen LogP contribution in [0.15, 0.2) is 0 Å². The van der Waals surface area contributed by atoms with Gasteiger partial charge in [0.05, 0.1) is 18.5 Å². The lowest BCUT2D eigenvalue weighted by Crippen LogP contribution is -2.39. The van der Waals surface area contributed by atoms with E-state index in [4.69, 9.17) is 9.29 Å². The Labute approximate surface area is 71.9 Å². The standard InChI is InChI=1S/C6H13NO4S/c8-12(9,10)4-1-6-5-7-2-3-11-6/h6-7H,1-5H2,(H,8,9,10). The van der Waals surface area contributed by atoms with Gasteiger partial charge in [-0.15, -0.1) is 0 Å². The zero-order valence-corrected chi connectivity index (χ0v) is 7.51. The topological polar surface area (TPSA) is 75.6 Å². The Morgan fingerprint density at radius 1 is 1.58 bits per heavy atom. The molecule has 2 N–H and O–H groups in total. The summed E-state index contributed by atoms with van der Waals surface area (Å²) in [6.07, 6.45) is 0.270. The van der Waals surface area contributed by atoms with Crippen LogP contribution in [0.3, 0.4) is 0 Å². The van der Waals surface area contributed by atoms with E-state index in [1.165, 1.54) is 0 Å². The van der Waals surface area contributed by atoms with Crippen LogP contribution in [0.1, 0.15) is 6.42 Å². The Morgan fingerprint density at radius 2 is 2.33 bits per heavy atom. The van der Waals surface area contributed by atoms with E-state index in [-0.39, 0.29) is 11.9 Å². The molecule has 72 valence electrons. The van der Waals surface area contributed by atoms with Crippen molar-refractivity contribution in [2.75, 3.05) is 25.4 Å². The molecule has 1 aliphatic rings. The fraction of sp³-hybridized carbons (Fsp3) is 1.00. The van der Waals surface area contributed by atoms with E-state index in [9.17, 15) is 8.42 Å². The van der Waals surface area contributed by atoms with Crippen LogP contribution in [0.25, 0.3) is 0 Å². The molecule has 0 spiro atoms. The monoisotopic (exact) mass is 195 g/mol. The first-order valence-corrected chi connectivity index (χ1v) is 5.46. The lowest BCUT2D eigenvalue weighted by molar-refractivity contribution is 0.0269. The van der Waals surface area contributed by atoms with Gasteiger partial charge in [-0.2, -0.15) is 8.42 Å². The van der Waals surface area contributed by atoms with Crippen LogP contribution >= 0.6 is 0 Å². The Balaban J connectivity index is 2.22. The van der Waals surface area contributed by atoms with E-state index in [0.717, 1.165) is 6.54 Å². The number of rotatable bonds is 3. The second-order valence-corrected chi connectivity index (χ2v) is 4.34. The molecule has 0 radical (unpaired) electrons. The van der Waals surface area contributed by atoms with Crippen molar-refractivity contribution in [1.82, 2.24) is 5.32 Å². The quantitative estimate of drug-likeness (QED) is 0.580. The van der Waals surface area contributed by atoms with Gasteiger partial charge in [0.2, 0.25) is 0 Å². The summed E-state index contributed by atoms with van der Waals surface area (Å²) < 4.78 is 34.4. The molecular weight excluding hydrogens is 182 g/mol. The first-order chi connectivity index (χ1) is 5.58. The van der Waals surface area contributed by atoms with Gasteiger partial charge in [-0.1, -0.05) is 0 Å². The summed E-state index contributed by atoms with van der Waals surface area (Å²) in [4.78, 5) is 0. The van der Waals surface area contributed by atoms with Gasteiger partial charge >= 0.3 is 0 Å². The molecular formula is C6H13NO4S. The van der Waals surface area contributed by atoms with Gasteiger partial charge in [-0.05, 0) is 6.42 Å². The molecule has 0 bridgehead atoms. The molecule has 1 atom stereocenters. The Bertz CT molecular complexity index is 220. The predicted octanol–water partition coefficient (Wildman–Crippen LogP) is -0.747. The average Bonchev–Trinajstić information content (AvgIpc) is 2.02. The number of hydrogen-bond donors (Lipinski definition) is 2. The highest BCUT2D eigenvalue weighted by molar-refractivity contribution is 7.85. The van der Waals surface area contributed by atoms with Crippen LogP contribution in [0.4, 0.5) is 0 Å². The summed E-state index contributed by atoms with van der Waals surface area (Å²) in [5.41, 5.74) is 0. The molecule has 12 heavy (non-hydrogen) atoms. The van der Waals surface area contributed by atoms with Crippen LogP contribution in [0.5, 0.6) is 0 Å². The van der Waals surface area contributed by atoms with E-state index in [1.807, 2.05) is 0 Å². The summed E-state index contributed by atoms with van der Waals surface area (Å²) in [6, 6.07) is 0. The largest absolute Gasteiger partial charge is 0.376 e. The van der Waals surface area contributed by atoms with Gasteiger partial charge in [0.15, 0.2) is 0 Å². The molecule has 1 heterocycles. The van der Waals surface area contributed by atoms with Crippen LogP contribution < -0.4 is 5.32 Å². The summed E-state index contributed by atoms with van der Waals surface area (Å²) in [6.45, 7) is 2.08. The predicted molar refractivity (Wildman–Crippen MR) is 43.6 cm³/mol. The van der Waals surface area contributed by atoms with Gasteiger partial charge in [0, 0.05) is 13.1 Å². The Morgan fingerprint density at radius 3 is 2.83 bits per heavy atom. The molecule has 1 unspecified atom stereocenters. The van der Waals surface area contributed by atoms with Gasteiger partial charge in [-0.3, -0.25) is 4.55 Å². The number of ether oxygens (including phenoxy) is 1. The third kappa shape index (κ3) is 4.01. The maximum absolute atomic E-state index is 10.4. The van der Waals surface area contributed by atoms with Crippen LogP contribution in [-0.2, 0) is 14.9 Å². The van der Waals surface area contributed by atoms with Crippen molar-refractivity contribution < 1.29 is 17.7 Å². The highest BCUT2D eigenvalue weighted by Crippen LogP contribution is 2.02. The molecule has 0 saturated carbocycles. The molecule has 0 aromatic heterocycles. The third-order valence-corrected chi connectivity index (χ3v) is 2.45. The molecule has 0 amide bonds. The third-order valence-electron chi connectivity index (χ3n) is 1.70. The van der Waals surface area contributed by atoms with Crippen molar-refractivity contribution in [1.29, 1.82) is 0 Å². The number of hydrogen-bond acceptors (Lipinski definition) is 4. The second-order valence-electron chi connectivity index (χ2n) is 2.77. The molecule has 0 aromatic rings. The van der Waals surface area contributed by atoms with Gasteiger partial charge in [0.1, 0.15) is 0 Å². The van der Waals surface area contributed by atoms with E-state index in [2.05, 4.69) is 5.32 Å². The van der Waals surface area contributed by atoms with Crippen LogP contribution in [0.2, 0.25) is 0 Å². The second kappa shape index (κ2) is 4.18. The minimum atomic E-state index is -3.83. The normalized spacial score (nSPS) is 25.6. The summed E-state index contributed by atoms with van der Waals surface area (Å²) in [5.74, 6) is -0.223. The lowest BCUT2D eigenvalue weighted by atomic mass is 10.2. The van der Waals surface area contributed by atoms with Gasteiger partial charge < -0.3 is 10.1 Å². The summed E-state index contributed by atoms with van der Waals surface area (Å²) in [5, 5.41) is 3.07. The van der Waals surface area contributed by atoms with E-state index >= 15 is 0 Å². The zero-order valence-electron chi connectivity index (χ0n) is 6.69. The fourth-order valence-electron chi connectivity index (χ4n) is 1.09. The van der Waals surface area contributed by atoms with Crippen molar-refractivity contribution in [3.63, 3.8) is 0 Å². The minimum absolute atomic E-state index is 0.0827. The average molecular weight is 195 g/mol. The smallest absolute Gasteiger partial charge is 0.264 e. The minimum Gasteiger partial charge on any atom is -0.376 e. The van der Waals surface area contributed by atoms with E-state index < -0.39 is 10.1 Å². The molecule has 5 nitrogen and oxygen atoms in total. The zero-order chi connectivity index (χ0) is 9.03. The van der Waals surface area contributed by atoms with Crippen molar-refractivity contribution in [3.8, 4) is 0 Å². The SMILES string of the molecule is O=S(=O)(O)CCC1CNCCO1. The number of morpholine rings is 1. The van der Waals surface area contributed by atoms with Crippen LogP contribution in [0, 0.1) is 0 Å². The first kappa shape index (κ1) is 9.91. The highest BCUT2D eigenvalue weighted by atomic mass is 32.2. The summed E-state index contributed by atoms with van der Waals surface area (Å²) >= 11 is 0. The fourth-order valence-corrected chi connectivity index (χ4v) is 1.65. The summed E-state index contributed by atoms with van der Waals surface area (Å²) in [7, 11) is -3.83. The molecule has 1 saturated heterocycles. The van der Waals surface area contributed by atoms with Crippen molar-refractivity contribution >= 4 is 10.1 Å². The number of nitrogens with one attached hydrogen (secondary N) is 1. The Kier molecular flexibility index (Phi) is 3.45.